The number of rotatable bonds is 0. The van der Waals surface area contributed by atoms with E-state index in [0.717, 1.165) is 0 Å². The van der Waals surface area contributed by atoms with E-state index in [-0.39, 0.29) is 0 Å². The molecule has 0 aliphatic rings. The quantitative estimate of drug-likeness (QED) is 0.142. The maximum Gasteiger partial charge on any atom is -0.0152 e. The van der Waals surface area contributed by atoms with Crippen LogP contribution < -0.4 is 0 Å². The van der Waals surface area contributed by atoms with Gasteiger partial charge >= 0.3 is 0 Å². The van der Waals surface area contributed by atoms with Gasteiger partial charge in [-0.2, -0.15) is 0 Å². The molecule has 0 aliphatic carbocycles. The molecule has 0 heteroatoms. The zero-order valence-corrected chi connectivity index (χ0v) is 47.0. The maximum absolute atomic E-state index is 2.24. The van der Waals surface area contributed by atoms with Crippen molar-refractivity contribution in [3.8, 4) is 0 Å². The van der Waals surface area contributed by atoms with Crippen LogP contribution in [0.1, 0.15) is 111 Å². The summed E-state index contributed by atoms with van der Waals surface area (Å²) in [5.74, 6) is 0. The molecule has 0 heterocycles. The molecule has 0 aromatic heterocycles. The molecule has 366 valence electrons. The highest BCUT2D eigenvalue weighted by atomic mass is 14.1. The molecule has 0 saturated heterocycles. The number of hydrogen-bond donors (Lipinski definition) is 0. The van der Waals surface area contributed by atoms with Crippen LogP contribution in [0.2, 0.25) is 0 Å². The molecule has 9 aromatic carbocycles. The Morgan fingerprint density at radius 3 is 0.714 bits per heavy atom. The molecule has 0 amide bonds. The standard InChI is InChI=1S/2C12H12.C12H18.C10H14.3C8H10/c1-9-3-5-12-8-10(2)4-6-11(12)7-9;1-9-7-8-10(2)12-6-4-3-5-11(9)12;1-7-8(2)10(4)12(6)11(5)9(7)3;1-7-5-9(3)10(4)6-8(7)2;1-7-3-5-8(2)6-4-7;1-7-4-3-5-8(2)6-7;1-7-5-3-4-6-8(7)2/h2*3-8H,1-2H3;1-6H3;5-6H,1-4H3;3*3-6H,1-2H3. The smallest absolute Gasteiger partial charge is 0.0152 e. The predicted octanol–water partition coefficient (Wildman–Crippen LogP) is 20.3. The number of aryl methyl sites for hydroxylation is 14. The monoisotopic (exact) mass is 927 g/mol. The van der Waals surface area contributed by atoms with E-state index < -0.39 is 0 Å². The van der Waals surface area contributed by atoms with Gasteiger partial charge in [0, 0.05) is 0 Å². The van der Waals surface area contributed by atoms with Gasteiger partial charge in [0.2, 0.25) is 0 Å². The van der Waals surface area contributed by atoms with Crippen molar-refractivity contribution in [2.24, 2.45) is 0 Å². The first kappa shape index (κ1) is 57.8. The normalized spacial score (nSPS) is 10.0. The largest absolute Gasteiger partial charge is 0.0620 e. The fourth-order valence-corrected chi connectivity index (χ4v) is 7.98. The van der Waals surface area contributed by atoms with Crippen molar-refractivity contribution >= 4 is 21.5 Å². The zero-order valence-electron chi connectivity index (χ0n) is 47.0. The van der Waals surface area contributed by atoms with Crippen LogP contribution in [0.3, 0.4) is 0 Å². The van der Waals surface area contributed by atoms with Crippen molar-refractivity contribution in [2.45, 2.75) is 138 Å². The van der Waals surface area contributed by atoms with Gasteiger partial charge in [-0.05, 0) is 238 Å². The van der Waals surface area contributed by atoms with Crippen molar-refractivity contribution < 1.29 is 0 Å². The molecule has 0 fully saturated rings. The molecule has 70 heavy (non-hydrogen) atoms. The minimum atomic E-state index is 1.33. The van der Waals surface area contributed by atoms with E-state index in [2.05, 4.69) is 296 Å². The molecule has 0 atom stereocenters. The van der Waals surface area contributed by atoms with E-state index in [9.17, 15) is 0 Å². The summed E-state index contributed by atoms with van der Waals surface area (Å²) >= 11 is 0. The Morgan fingerprint density at radius 1 is 0.171 bits per heavy atom. The van der Waals surface area contributed by atoms with Gasteiger partial charge in [-0.15, -0.1) is 0 Å². The maximum atomic E-state index is 2.24. The fraction of sp³-hybridized carbons (Fsp3) is 0.286. The van der Waals surface area contributed by atoms with E-state index in [4.69, 9.17) is 0 Å². The first-order chi connectivity index (χ1) is 33.0. The van der Waals surface area contributed by atoms with Crippen molar-refractivity contribution in [3.63, 3.8) is 0 Å². The van der Waals surface area contributed by atoms with Gasteiger partial charge in [-0.25, -0.2) is 0 Å². The van der Waals surface area contributed by atoms with Gasteiger partial charge < -0.3 is 0 Å². The number of fused-ring (bicyclic) bond motifs is 2. The van der Waals surface area contributed by atoms with Gasteiger partial charge in [0.25, 0.3) is 0 Å². The molecule has 0 radical (unpaired) electrons. The average Bonchev–Trinajstić information content (AvgIpc) is 3.33. The molecule has 9 rings (SSSR count). The molecular weight excluding hydrogens is 841 g/mol. The highest BCUT2D eigenvalue weighted by Crippen LogP contribution is 2.25. The lowest BCUT2D eigenvalue weighted by molar-refractivity contribution is 1.13. The Labute approximate surface area is 426 Å². The second kappa shape index (κ2) is 28.2. The molecule has 9 aromatic rings. The lowest BCUT2D eigenvalue weighted by atomic mass is 9.90. The van der Waals surface area contributed by atoms with Crippen LogP contribution in [0.5, 0.6) is 0 Å². The summed E-state index contributed by atoms with van der Waals surface area (Å²) in [6.45, 7) is 43.1. The van der Waals surface area contributed by atoms with Crippen molar-refractivity contribution in [1.82, 2.24) is 0 Å². The van der Waals surface area contributed by atoms with Crippen LogP contribution in [0, 0.1) is 138 Å². The summed E-state index contributed by atoms with van der Waals surface area (Å²) in [5.41, 5.74) is 27.7. The molecule has 0 nitrogen and oxygen atoms in total. The van der Waals surface area contributed by atoms with Crippen LogP contribution in [-0.2, 0) is 0 Å². The fourth-order valence-electron chi connectivity index (χ4n) is 7.98. The Kier molecular flexibility index (Phi) is 23.3. The van der Waals surface area contributed by atoms with Gasteiger partial charge in [0.1, 0.15) is 0 Å². The highest BCUT2D eigenvalue weighted by Gasteiger charge is 2.08. The van der Waals surface area contributed by atoms with E-state index in [1.54, 1.807) is 0 Å². The second-order valence-corrected chi connectivity index (χ2v) is 19.8. The third-order valence-corrected chi connectivity index (χ3v) is 13.8. The van der Waals surface area contributed by atoms with Crippen molar-refractivity contribution in [2.75, 3.05) is 0 Å². The first-order valence-electron chi connectivity index (χ1n) is 25.1. The molecule has 0 spiro atoms. The Balaban J connectivity index is 0.000000218. The van der Waals surface area contributed by atoms with Crippen LogP contribution in [0.25, 0.3) is 21.5 Å². The number of hydrogen-bond acceptors (Lipinski definition) is 0. The predicted molar refractivity (Wildman–Crippen MR) is 315 cm³/mol. The second-order valence-electron chi connectivity index (χ2n) is 19.8. The van der Waals surface area contributed by atoms with E-state index in [1.807, 2.05) is 0 Å². The SMILES string of the molecule is Cc1c(C)c(C)c(C)c(C)c1C.Cc1cc(C)c(C)cc1C.Cc1ccc(C)c2ccccc12.Cc1ccc(C)cc1.Cc1ccc2cc(C)ccc2c1.Cc1cccc(C)c1.Cc1ccccc1C. The topological polar surface area (TPSA) is 0 Å². The summed E-state index contributed by atoms with van der Waals surface area (Å²) < 4.78 is 0. The molecule has 0 N–H and O–H groups in total. The Morgan fingerprint density at radius 2 is 0.443 bits per heavy atom. The molecule has 0 bridgehead atoms. The van der Waals surface area contributed by atoms with Crippen molar-refractivity contribution in [1.29, 1.82) is 0 Å². The lowest BCUT2D eigenvalue weighted by Gasteiger charge is -2.15. The van der Waals surface area contributed by atoms with E-state index >= 15 is 0 Å². The third-order valence-electron chi connectivity index (χ3n) is 13.8. The summed E-state index contributed by atoms with van der Waals surface area (Å²) in [6.07, 6.45) is 0. The molecule has 0 unspecified atom stereocenters. The summed E-state index contributed by atoms with van der Waals surface area (Å²) in [5, 5.41) is 5.41. The lowest BCUT2D eigenvalue weighted by Crippen LogP contribution is -1.98. The summed E-state index contributed by atoms with van der Waals surface area (Å²) in [7, 11) is 0. The number of benzene rings is 9. The van der Waals surface area contributed by atoms with Crippen LogP contribution in [0.15, 0.2) is 158 Å². The Bertz CT molecular complexity index is 2770. The average molecular weight is 927 g/mol. The molecule has 0 saturated carbocycles. The third kappa shape index (κ3) is 18.4. The van der Waals surface area contributed by atoms with Crippen LogP contribution in [0.4, 0.5) is 0 Å². The molecule has 0 aliphatic heterocycles. The zero-order chi connectivity index (χ0) is 52.2. The minimum Gasteiger partial charge on any atom is -0.0620 e. The van der Waals surface area contributed by atoms with Gasteiger partial charge in [-0.3, -0.25) is 0 Å². The van der Waals surface area contributed by atoms with Crippen LogP contribution in [-0.4, -0.2) is 0 Å². The summed E-state index contributed by atoms with van der Waals surface area (Å²) in [4.78, 5) is 0. The van der Waals surface area contributed by atoms with E-state index in [0.29, 0.717) is 0 Å². The molecular formula is C70H86. The van der Waals surface area contributed by atoms with Crippen molar-refractivity contribution in [3.05, 3.63) is 269 Å². The Hall–Kier alpha value is -6.50. The van der Waals surface area contributed by atoms with Crippen LogP contribution >= 0.6 is 0 Å². The van der Waals surface area contributed by atoms with Gasteiger partial charge in [0.05, 0.1) is 0 Å². The van der Waals surface area contributed by atoms with Gasteiger partial charge in [0.15, 0.2) is 0 Å². The minimum absolute atomic E-state index is 1.33. The van der Waals surface area contributed by atoms with E-state index in [1.165, 1.54) is 133 Å². The van der Waals surface area contributed by atoms with Gasteiger partial charge in [-0.1, -0.05) is 191 Å². The first-order valence-corrected chi connectivity index (χ1v) is 25.1. The summed E-state index contributed by atoms with van der Waals surface area (Å²) in [6, 6.07) is 55.8. The highest BCUT2D eigenvalue weighted by molar-refractivity contribution is 5.88.